The van der Waals surface area contributed by atoms with E-state index in [0.29, 0.717) is 6.42 Å². The molecule has 40 atom stereocenters. The number of ether oxygens (including phenoxy) is 9. The monoisotopic (exact) mass is 1810 g/mol. The first-order valence-corrected chi connectivity index (χ1v) is 42.6. The Morgan fingerprint density at radius 3 is 0.823 bits per heavy atom. The molecular weight excluding hydrogens is 1640 g/mol. The van der Waals surface area contributed by atoms with Gasteiger partial charge in [0.15, 0.2) is 12.6 Å². The highest BCUT2D eigenvalue weighted by atomic mass is 16.7. The van der Waals surface area contributed by atoms with Gasteiger partial charge in [-0.15, -0.1) is 0 Å². The van der Waals surface area contributed by atoms with Crippen molar-refractivity contribution in [2.75, 3.05) is 53.4 Å². The number of hydrogen-bond donors (Lipinski definition) is 30. The topological polar surface area (TPSA) is 710 Å². The fourth-order valence-electron chi connectivity index (χ4n) is 15.9. The third-order valence-corrected chi connectivity index (χ3v) is 23.0. The van der Waals surface area contributed by atoms with E-state index < -0.39 is 214 Å². The molecule has 40 nitrogen and oxygen atoms in total. The molecule has 40 heteroatoms. The van der Waals surface area contributed by atoms with Crippen molar-refractivity contribution in [1.29, 1.82) is 0 Å². The second-order valence-corrected chi connectivity index (χ2v) is 42.6. The minimum Gasteiger partial charge on any atom is -0.394 e. The van der Waals surface area contributed by atoms with Crippen LogP contribution in [-0.4, -0.2) is 429 Å². The summed E-state index contributed by atoms with van der Waals surface area (Å²) in [5.74, 6) is -0.773. The smallest absolute Gasteiger partial charge is 0.217 e. The molecule has 0 aromatic carbocycles. The van der Waals surface area contributed by atoms with Crippen molar-refractivity contribution in [3.05, 3.63) is 0 Å². The molecule has 8 aliphatic rings. The minimum absolute atomic E-state index is 0.0899. The van der Waals surface area contributed by atoms with Crippen LogP contribution >= 0.6 is 0 Å². The van der Waals surface area contributed by atoms with Crippen molar-refractivity contribution in [1.82, 2.24) is 5.32 Å². The molecule has 0 bridgehead atoms. The lowest BCUT2D eigenvalue weighted by Gasteiger charge is -2.47. The van der Waals surface area contributed by atoms with Crippen molar-refractivity contribution in [2.24, 2.45) is 66.6 Å². The Hall–Kier alpha value is -2.05. The second-order valence-electron chi connectivity index (χ2n) is 42.6. The quantitative estimate of drug-likeness (QED) is 0.0967. The van der Waals surface area contributed by atoms with Gasteiger partial charge in [0, 0.05) is 25.9 Å². The first kappa shape index (κ1) is 120. The molecule has 742 valence electrons. The molecule has 8 rings (SSSR count). The molecule has 8 fully saturated rings. The van der Waals surface area contributed by atoms with Crippen molar-refractivity contribution in [3.8, 4) is 0 Å². The van der Waals surface area contributed by atoms with E-state index in [-0.39, 0.29) is 126 Å². The number of methoxy groups -OCH3 is 1. The Morgan fingerprint density at radius 1 is 0.290 bits per heavy atom. The maximum absolute atomic E-state index is 11.2. The molecule has 0 aliphatic carbocycles. The number of nitrogens with two attached hydrogens (primary N) is 2. The Kier molecular flexibility index (Phi) is 48.2. The number of nitrogens with one attached hydrogen (secondary N) is 1. The number of rotatable bonds is 10. The van der Waals surface area contributed by atoms with Gasteiger partial charge < -0.3 is 197 Å². The summed E-state index contributed by atoms with van der Waals surface area (Å²) in [6.45, 7) is 47.2. The van der Waals surface area contributed by atoms with Gasteiger partial charge in [-0.3, -0.25) is 4.79 Å². The van der Waals surface area contributed by atoms with Gasteiger partial charge in [0.1, 0.15) is 146 Å². The van der Waals surface area contributed by atoms with E-state index in [4.69, 9.17) is 89.8 Å². The number of amides is 1. The lowest BCUT2D eigenvalue weighted by atomic mass is 9.73. The van der Waals surface area contributed by atoms with E-state index in [9.17, 15) is 107 Å². The Morgan fingerprint density at radius 2 is 0.540 bits per heavy atom. The zero-order valence-electron chi connectivity index (χ0n) is 78.1. The molecule has 0 spiro atoms. The lowest BCUT2D eigenvalue weighted by molar-refractivity contribution is -0.294. The predicted molar refractivity (Wildman–Crippen MR) is 449 cm³/mol. The standard InChI is InChI=1S/C12H23NO5.C11H22O5.C11H22O4.2C10H21NO4.3C10H20O5/c1-6(15)13-8-10(17)9(16)7(5-14)18-11(8)12(2,3)4;1-11(2,3)7-9(14)8(13)6(5-12)16-10(7)15-4;1-6-8(13)9(14)7(5-12)15-10(6)11(2,3)4;2*1-10(2,3)9-6(11)8(14)7(13)5(4-12)15-9;2*1-10(2,3)9-8(14)7(13)6(12)5(4-11)15-9;1-10(2,3)4-5-6(11)7(12)8(13)9(14)15-5/h7-11,14,16-17H,5H2,1-4H3,(H,13,15);6-10,12-14H,5H2,1-4H3;6-10,12-14H,5H2,1-4H3;2*5-9,12-14H,4,11H2,1-3H3;3*5-9,11-14H,4H2,1-3H3/t7?,8?,9-,10-,11-;2*6?,7?,8-,9-,10+;2*5?,6?,7-,8-,9-;5?,6-,7+,8?,9-;5?,6-,7-,8?,9-;5?,6-,7+,8?,9?/m11111101/s1. The highest BCUT2D eigenvalue weighted by Crippen LogP contribution is 2.42. The van der Waals surface area contributed by atoms with Crippen LogP contribution in [0.25, 0.3) is 0 Å². The van der Waals surface area contributed by atoms with Crippen LogP contribution in [0.1, 0.15) is 186 Å². The first-order chi connectivity index (χ1) is 56.2. The minimum atomic E-state index is -1.45. The third-order valence-electron chi connectivity index (χ3n) is 23.0. The SMILES string of the molecule is CC(=O)NC1[C@@H](O)[C@H](O)C(CO)O[C@H]1C(C)(C)C.CC(C)(C)CC1OC(O)C(O)[C@@H](O)[C@@H]1O.CC(C)(C)[C@@H]1OC(CO)[C@@H](O)[C@H](O)C1N.CC(C)(C)[C@@H]1OC(CO)[C@@H](O)[C@H](O)C1N.CC(C)(C)[C@@H]1OC(CO)[C@@H](O)[C@H](O)C1O.CC(C)(C)[C@H]1OC(CO)[C@H](O)[C@H](O)C1O.CC1[C@@H](O)[C@H](O)C(CO)O[C@@H]1C(C)(C)C.CO[C@H]1OC(CO)[C@@H](O)[C@H](O)C1C(C)(C)C. The number of carbonyl (C=O) groups excluding carboxylic acids is 1. The summed E-state index contributed by atoms with van der Waals surface area (Å²) in [4.78, 5) is 11.2. The molecule has 0 aromatic rings. The van der Waals surface area contributed by atoms with Crippen LogP contribution in [0.3, 0.4) is 0 Å². The van der Waals surface area contributed by atoms with Crippen molar-refractivity contribution < 1.29 is 185 Å². The van der Waals surface area contributed by atoms with E-state index >= 15 is 0 Å². The Balaban J connectivity index is 0.000000709. The summed E-state index contributed by atoms with van der Waals surface area (Å²) in [5, 5.41) is 259. The number of aliphatic hydroxyl groups is 27. The van der Waals surface area contributed by atoms with Crippen molar-refractivity contribution in [2.45, 2.75) is 419 Å². The molecule has 124 heavy (non-hydrogen) atoms. The summed E-state index contributed by atoms with van der Waals surface area (Å²) < 4.78 is 48.7. The number of aliphatic hydroxyl groups excluding tert-OH is 27. The number of hydrogen-bond acceptors (Lipinski definition) is 39. The van der Waals surface area contributed by atoms with Crippen LogP contribution in [0.2, 0.25) is 0 Å². The van der Waals surface area contributed by atoms with E-state index in [1.54, 1.807) is 0 Å². The normalized spacial score (nSPS) is 41.9. The van der Waals surface area contributed by atoms with Crippen LogP contribution in [0.4, 0.5) is 0 Å². The van der Waals surface area contributed by atoms with E-state index in [0.717, 1.165) is 0 Å². The Labute approximate surface area is 732 Å². The summed E-state index contributed by atoms with van der Waals surface area (Å²) in [5.41, 5.74) is 9.57. The molecule has 8 saturated heterocycles. The van der Waals surface area contributed by atoms with Gasteiger partial charge >= 0.3 is 0 Å². The molecule has 17 unspecified atom stereocenters. The molecule has 8 heterocycles. The predicted octanol–water partition coefficient (Wildman–Crippen LogP) is -6.44. The summed E-state index contributed by atoms with van der Waals surface area (Å²) in [6, 6.07) is -1.97. The maximum Gasteiger partial charge on any atom is 0.217 e. The Bertz CT molecular complexity index is 2670. The molecule has 32 N–H and O–H groups in total. The van der Waals surface area contributed by atoms with Gasteiger partial charge in [-0.2, -0.15) is 0 Å². The van der Waals surface area contributed by atoms with Gasteiger partial charge in [-0.05, 0) is 49.7 Å². The van der Waals surface area contributed by atoms with E-state index in [2.05, 4.69) is 5.32 Å². The van der Waals surface area contributed by atoms with Gasteiger partial charge in [0.25, 0.3) is 0 Å². The van der Waals surface area contributed by atoms with Crippen LogP contribution < -0.4 is 16.8 Å². The van der Waals surface area contributed by atoms with Crippen molar-refractivity contribution in [3.63, 3.8) is 0 Å². The van der Waals surface area contributed by atoms with E-state index in [1.165, 1.54) is 14.0 Å². The second kappa shape index (κ2) is 49.8. The fraction of sp³-hybridized carbons (Fsp3) is 0.988. The van der Waals surface area contributed by atoms with Gasteiger partial charge in [0.2, 0.25) is 5.91 Å². The molecule has 0 saturated carbocycles. The average molecular weight is 1810 g/mol. The zero-order valence-corrected chi connectivity index (χ0v) is 78.1. The molecular formula is C84H169N3O37. The highest BCUT2D eigenvalue weighted by Gasteiger charge is 2.55. The van der Waals surface area contributed by atoms with E-state index in [1.807, 2.05) is 173 Å². The number of carbonyl (C=O) groups is 1. The van der Waals surface area contributed by atoms with Crippen LogP contribution in [0, 0.1) is 55.2 Å². The van der Waals surface area contributed by atoms with Gasteiger partial charge in [-0.1, -0.05) is 173 Å². The van der Waals surface area contributed by atoms with Crippen LogP contribution in [0.5, 0.6) is 0 Å². The largest absolute Gasteiger partial charge is 0.394 e. The first-order valence-electron chi connectivity index (χ1n) is 42.6. The van der Waals surface area contributed by atoms with Crippen LogP contribution in [-0.2, 0) is 47.4 Å². The molecule has 0 radical (unpaired) electrons. The summed E-state index contributed by atoms with van der Waals surface area (Å²) in [6.07, 6.45) is -32.2. The summed E-state index contributed by atoms with van der Waals surface area (Å²) in [7, 11) is 1.49. The average Bonchev–Trinajstić information content (AvgIpc) is 0.807. The third kappa shape index (κ3) is 33.5. The molecule has 0 aromatic heterocycles. The van der Waals surface area contributed by atoms with Crippen LogP contribution in [0.15, 0.2) is 0 Å². The summed E-state index contributed by atoms with van der Waals surface area (Å²) >= 11 is 0. The van der Waals surface area contributed by atoms with Gasteiger partial charge in [0.05, 0.1) is 119 Å². The molecule has 8 aliphatic heterocycles. The van der Waals surface area contributed by atoms with Gasteiger partial charge in [-0.25, -0.2) is 0 Å². The fourth-order valence-corrected chi connectivity index (χ4v) is 15.9. The van der Waals surface area contributed by atoms with Crippen molar-refractivity contribution >= 4 is 5.91 Å². The maximum atomic E-state index is 11.2. The zero-order chi connectivity index (χ0) is 97.4. The highest BCUT2D eigenvalue weighted by molar-refractivity contribution is 5.73. The molecule has 1 amide bonds. The lowest BCUT2D eigenvalue weighted by Crippen LogP contribution is -2.66.